The Labute approximate surface area is 211 Å². The van der Waals surface area contributed by atoms with Gasteiger partial charge in [-0.3, -0.25) is 4.79 Å². The van der Waals surface area contributed by atoms with Crippen LogP contribution in [0.3, 0.4) is 0 Å². The number of hydrogen-bond donors (Lipinski definition) is 1. The van der Waals surface area contributed by atoms with Gasteiger partial charge in [0.05, 0.1) is 36.7 Å². The lowest BCUT2D eigenvalue weighted by Crippen LogP contribution is -2.47. The van der Waals surface area contributed by atoms with Gasteiger partial charge in [-0.05, 0) is 51.3 Å². The second kappa shape index (κ2) is 12.9. The molecule has 1 aromatic rings. The van der Waals surface area contributed by atoms with Crippen molar-refractivity contribution >= 4 is 21.6 Å². The number of nitrogens with zero attached hydrogens (tertiary/aromatic N) is 3. The Balaban J connectivity index is 2.49. The number of rotatable bonds is 6. The van der Waals surface area contributed by atoms with Gasteiger partial charge in [0.1, 0.15) is 5.75 Å². The Morgan fingerprint density at radius 1 is 1.20 bits per heavy atom. The van der Waals surface area contributed by atoms with Gasteiger partial charge in [-0.2, -0.15) is 0 Å². The van der Waals surface area contributed by atoms with Crippen LogP contribution < -0.4 is 9.64 Å². The Kier molecular flexibility index (Phi) is 10.8. The molecule has 1 aliphatic rings. The first kappa shape index (κ1) is 29.4. The Hall–Kier alpha value is -1.88. The van der Waals surface area contributed by atoms with E-state index in [4.69, 9.17) is 9.47 Å². The molecule has 1 amide bonds. The molecule has 35 heavy (non-hydrogen) atoms. The van der Waals surface area contributed by atoms with Gasteiger partial charge >= 0.3 is 0 Å². The van der Waals surface area contributed by atoms with Gasteiger partial charge in [-0.15, -0.1) is 0 Å². The number of ether oxygens (including phenoxy) is 2. The van der Waals surface area contributed by atoms with Crippen LogP contribution in [0.25, 0.3) is 0 Å². The molecule has 0 radical (unpaired) electrons. The summed E-state index contributed by atoms with van der Waals surface area (Å²) in [6.07, 6.45) is 3.18. The first-order chi connectivity index (χ1) is 16.3. The summed E-state index contributed by atoms with van der Waals surface area (Å²) in [5.41, 5.74) is 1.31. The first-order valence-electron chi connectivity index (χ1n) is 12.3. The van der Waals surface area contributed by atoms with E-state index in [2.05, 4.69) is 0 Å². The number of carbonyl (C=O) groups excluding carboxylic acids is 1. The second-order valence-electron chi connectivity index (χ2n) is 9.92. The summed E-state index contributed by atoms with van der Waals surface area (Å²) in [4.78, 5) is 17.5. The highest BCUT2D eigenvalue weighted by Crippen LogP contribution is 2.29. The minimum atomic E-state index is -3.38. The Bertz CT molecular complexity index is 939. The molecule has 0 unspecified atom stereocenters. The quantitative estimate of drug-likeness (QED) is 0.624. The molecule has 9 nitrogen and oxygen atoms in total. The normalized spacial score (nSPS) is 23.9. The van der Waals surface area contributed by atoms with Crippen LogP contribution in [0, 0.1) is 5.92 Å². The van der Waals surface area contributed by atoms with Crippen molar-refractivity contribution in [1.29, 1.82) is 0 Å². The highest BCUT2D eigenvalue weighted by Gasteiger charge is 2.31. The fourth-order valence-electron chi connectivity index (χ4n) is 4.04. The maximum absolute atomic E-state index is 13.9. The standard InChI is InChI=1S/C25H43N3O6S/c1-18-15-28(19(2)17-29)25(30)22-14-21(26(4)5)11-12-23(22)34-20(3)10-8-9-13-33-24(18)16-27(6)35(7,31)32/h11-12,14,18-20,24,29H,8-10,13,15-17H2,1-7H3/t18-,19+,20+,24+/m1/s1. The monoisotopic (exact) mass is 513 g/mol. The zero-order chi connectivity index (χ0) is 26.3. The molecule has 1 aliphatic heterocycles. The van der Waals surface area contributed by atoms with Crippen LogP contribution in [0.1, 0.15) is 50.4 Å². The zero-order valence-electron chi connectivity index (χ0n) is 22.2. The maximum atomic E-state index is 13.9. The molecule has 1 N–H and O–H groups in total. The fraction of sp³-hybridized carbons (Fsp3) is 0.720. The molecule has 0 fully saturated rings. The topological polar surface area (TPSA) is 99.6 Å². The average molecular weight is 514 g/mol. The van der Waals surface area contributed by atoms with Crippen LogP contribution in [0.2, 0.25) is 0 Å². The number of aliphatic hydroxyl groups excluding tert-OH is 1. The molecular weight excluding hydrogens is 470 g/mol. The highest BCUT2D eigenvalue weighted by molar-refractivity contribution is 7.88. The van der Waals surface area contributed by atoms with Gasteiger partial charge in [-0.25, -0.2) is 12.7 Å². The SMILES string of the molecule is C[C@@H]1CN([C@@H](C)CO)C(=O)c2cc(N(C)C)ccc2O[C@@H](C)CCCCO[C@H]1CN(C)S(C)(=O)=O. The molecule has 0 spiro atoms. The van der Waals surface area contributed by atoms with Crippen molar-refractivity contribution < 1.29 is 27.8 Å². The van der Waals surface area contributed by atoms with Gasteiger partial charge in [0.25, 0.3) is 5.91 Å². The van der Waals surface area contributed by atoms with Crippen molar-refractivity contribution in [3.63, 3.8) is 0 Å². The van der Waals surface area contributed by atoms with Crippen LogP contribution in [-0.4, -0.2) is 101 Å². The number of fused-ring (bicyclic) bond motifs is 1. The molecule has 0 bridgehead atoms. The van der Waals surface area contributed by atoms with Gasteiger partial charge in [0, 0.05) is 52.4 Å². The minimum absolute atomic E-state index is 0.0931. The van der Waals surface area contributed by atoms with Gasteiger partial charge in [0.2, 0.25) is 10.0 Å². The van der Waals surface area contributed by atoms with Gasteiger partial charge in [0.15, 0.2) is 0 Å². The van der Waals surface area contributed by atoms with E-state index in [-0.39, 0.29) is 31.1 Å². The second-order valence-corrected chi connectivity index (χ2v) is 12.0. The molecule has 4 atom stereocenters. The summed E-state index contributed by atoms with van der Waals surface area (Å²) in [5, 5.41) is 9.96. The number of benzene rings is 1. The molecule has 200 valence electrons. The summed E-state index contributed by atoms with van der Waals surface area (Å²) in [6, 6.07) is 5.14. The molecule has 1 heterocycles. The minimum Gasteiger partial charge on any atom is -0.490 e. The molecule has 2 rings (SSSR count). The summed E-state index contributed by atoms with van der Waals surface area (Å²) >= 11 is 0. The van der Waals surface area contributed by atoms with Crippen molar-refractivity contribution in [2.45, 2.75) is 58.3 Å². The van der Waals surface area contributed by atoms with Gasteiger partial charge < -0.3 is 24.4 Å². The average Bonchev–Trinajstić information content (AvgIpc) is 2.79. The van der Waals surface area contributed by atoms with Crippen molar-refractivity contribution in [3.05, 3.63) is 23.8 Å². The zero-order valence-corrected chi connectivity index (χ0v) is 23.0. The third-order valence-electron chi connectivity index (χ3n) is 6.55. The smallest absolute Gasteiger partial charge is 0.258 e. The Morgan fingerprint density at radius 3 is 2.49 bits per heavy atom. The number of sulfonamides is 1. The van der Waals surface area contributed by atoms with E-state index in [9.17, 15) is 18.3 Å². The fourth-order valence-corrected chi connectivity index (χ4v) is 4.46. The number of anilines is 1. The number of carbonyl (C=O) groups is 1. The third kappa shape index (κ3) is 8.34. The van der Waals surface area contributed by atoms with Crippen molar-refractivity contribution in [3.8, 4) is 5.75 Å². The third-order valence-corrected chi connectivity index (χ3v) is 7.84. The van der Waals surface area contributed by atoms with Crippen LogP contribution >= 0.6 is 0 Å². The summed E-state index contributed by atoms with van der Waals surface area (Å²) in [6.45, 7) is 6.51. The lowest BCUT2D eigenvalue weighted by molar-refractivity contribution is -0.00828. The lowest BCUT2D eigenvalue weighted by atomic mass is 10.0. The number of likely N-dealkylation sites (N-methyl/N-ethyl adjacent to an activating group) is 1. The number of hydrogen-bond acceptors (Lipinski definition) is 7. The molecular formula is C25H43N3O6S. The van der Waals surface area contributed by atoms with E-state index in [0.29, 0.717) is 24.5 Å². The molecule has 0 saturated carbocycles. The van der Waals surface area contributed by atoms with E-state index in [1.54, 1.807) is 11.8 Å². The predicted octanol–water partition coefficient (Wildman–Crippen LogP) is 2.44. The van der Waals surface area contributed by atoms with Crippen molar-refractivity contribution in [1.82, 2.24) is 9.21 Å². The van der Waals surface area contributed by atoms with E-state index in [1.807, 2.05) is 51.0 Å². The number of aliphatic hydroxyl groups is 1. The van der Waals surface area contributed by atoms with Crippen LogP contribution in [0.4, 0.5) is 5.69 Å². The van der Waals surface area contributed by atoms with E-state index >= 15 is 0 Å². The summed E-state index contributed by atoms with van der Waals surface area (Å²) in [7, 11) is 1.98. The summed E-state index contributed by atoms with van der Waals surface area (Å²) < 4.78 is 37.8. The molecule has 0 aliphatic carbocycles. The maximum Gasteiger partial charge on any atom is 0.258 e. The first-order valence-corrected chi connectivity index (χ1v) is 14.1. The van der Waals surface area contributed by atoms with Crippen LogP contribution in [0.5, 0.6) is 5.75 Å². The Morgan fingerprint density at radius 2 is 1.89 bits per heavy atom. The lowest BCUT2D eigenvalue weighted by Gasteiger charge is -2.35. The van der Waals surface area contributed by atoms with E-state index in [0.717, 1.165) is 24.9 Å². The largest absolute Gasteiger partial charge is 0.490 e. The van der Waals surface area contributed by atoms with E-state index in [1.165, 1.54) is 17.6 Å². The van der Waals surface area contributed by atoms with Crippen molar-refractivity contribution in [2.75, 3.05) is 58.6 Å². The van der Waals surface area contributed by atoms with Gasteiger partial charge in [-0.1, -0.05) is 6.92 Å². The predicted molar refractivity (Wildman–Crippen MR) is 139 cm³/mol. The molecule has 0 aromatic heterocycles. The highest BCUT2D eigenvalue weighted by atomic mass is 32.2. The molecule has 10 heteroatoms. The number of amides is 1. The van der Waals surface area contributed by atoms with E-state index < -0.39 is 22.2 Å². The van der Waals surface area contributed by atoms with Crippen LogP contribution in [-0.2, 0) is 14.8 Å². The van der Waals surface area contributed by atoms with Crippen LogP contribution in [0.15, 0.2) is 18.2 Å². The molecule has 0 saturated heterocycles. The van der Waals surface area contributed by atoms with Crippen molar-refractivity contribution in [2.24, 2.45) is 5.92 Å². The molecule has 1 aromatic carbocycles. The summed E-state index contributed by atoms with van der Waals surface area (Å²) in [5.74, 6) is 0.106.